The SMILES string of the molecule is O=C(O)C1CCCCN1C(=O)Cn1c(O)c(/C=C2\C=Nc3ccccc32)sc1=O. The number of para-hydroxylation sites is 1. The summed E-state index contributed by atoms with van der Waals surface area (Å²) in [6, 6.07) is 6.64. The maximum atomic E-state index is 12.7. The van der Waals surface area contributed by atoms with Crippen LogP contribution in [-0.4, -0.2) is 50.4 Å². The Morgan fingerprint density at radius 2 is 2.07 bits per heavy atom. The van der Waals surface area contributed by atoms with Gasteiger partial charge in [-0.05, 0) is 31.4 Å². The Kier molecular flexibility index (Phi) is 5.06. The predicted molar refractivity (Wildman–Crippen MR) is 110 cm³/mol. The van der Waals surface area contributed by atoms with Crippen LogP contribution in [0.5, 0.6) is 5.88 Å². The predicted octanol–water partition coefficient (Wildman–Crippen LogP) is 2.34. The minimum absolute atomic E-state index is 0.303. The molecule has 1 amide bonds. The van der Waals surface area contributed by atoms with E-state index in [0.717, 1.165) is 45.6 Å². The second kappa shape index (κ2) is 7.67. The van der Waals surface area contributed by atoms with Gasteiger partial charge >= 0.3 is 10.8 Å². The van der Waals surface area contributed by atoms with E-state index in [1.54, 1.807) is 12.3 Å². The number of aromatic nitrogens is 1. The normalized spacial score (nSPS) is 19.5. The van der Waals surface area contributed by atoms with Crippen LogP contribution in [0.3, 0.4) is 0 Å². The lowest BCUT2D eigenvalue weighted by atomic mass is 10.0. The average molecular weight is 413 g/mol. The van der Waals surface area contributed by atoms with Crippen LogP contribution in [0.4, 0.5) is 5.69 Å². The molecule has 2 N–H and O–H groups in total. The second-order valence-corrected chi connectivity index (χ2v) is 7.95. The highest BCUT2D eigenvalue weighted by Crippen LogP contribution is 2.34. The number of nitrogens with zero attached hydrogens (tertiary/aromatic N) is 3. The van der Waals surface area contributed by atoms with Crippen LogP contribution < -0.4 is 4.87 Å². The first-order valence-corrected chi connectivity index (χ1v) is 10.1. The Bertz CT molecular complexity index is 1100. The summed E-state index contributed by atoms with van der Waals surface area (Å²) in [6.07, 6.45) is 5.18. The van der Waals surface area contributed by atoms with E-state index in [9.17, 15) is 24.6 Å². The maximum Gasteiger partial charge on any atom is 0.326 e. The Morgan fingerprint density at radius 1 is 1.28 bits per heavy atom. The van der Waals surface area contributed by atoms with E-state index in [1.165, 1.54) is 4.90 Å². The zero-order valence-electron chi connectivity index (χ0n) is 15.4. The molecule has 0 spiro atoms. The van der Waals surface area contributed by atoms with Crippen molar-refractivity contribution in [2.24, 2.45) is 4.99 Å². The first-order valence-electron chi connectivity index (χ1n) is 9.25. The van der Waals surface area contributed by atoms with Gasteiger partial charge in [0.25, 0.3) is 0 Å². The lowest BCUT2D eigenvalue weighted by Crippen LogP contribution is -2.49. The van der Waals surface area contributed by atoms with E-state index < -0.39 is 29.3 Å². The number of hydrogen-bond acceptors (Lipinski definition) is 6. The molecule has 2 aliphatic heterocycles. The van der Waals surface area contributed by atoms with Crippen LogP contribution in [0.25, 0.3) is 11.6 Å². The van der Waals surface area contributed by atoms with Gasteiger partial charge in [-0.1, -0.05) is 29.5 Å². The van der Waals surface area contributed by atoms with Crippen LogP contribution >= 0.6 is 11.3 Å². The number of carbonyl (C=O) groups is 2. The number of amides is 1. The van der Waals surface area contributed by atoms with Crippen LogP contribution in [0, 0.1) is 0 Å². The van der Waals surface area contributed by atoms with Gasteiger partial charge in [-0.3, -0.25) is 19.1 Å². The van der Waals surface area contributed by atoms with Crippen LogP contribution in [-0.2, 0) is 16.1 Å². The smallest absolute Gasteiger partial charge is 0.326 e. The Balaban J connectivity index is 1.59. The number of benzene rings is 1. The largest absolute Gasteiger partial charge is 0.493 e. The molecule has 2 aromatic rings. The van der Waals surface area contributed by atoms with Crippen molar-refractivity contribution < 1.29 is 19.8 Å². The number of rotatable bonds is 4. The molecule has 0 saturated carbocycles. The van der Waals surface area contributed by atoms with Crippen molar-refractivity contribution in [2.75, 3.05) is 6.54 Å². The molecule has 150 valence electrons. The molecule has 0 radical (unpaired) electrons. The molecule has 1 fully saturated rings. The number of aliphatic carboxylic acids is 1. The molecule has 8 nitrogen and oxygen atoms in total. The van der Waals surface area contributed by atoms with Crippen LogP contribution in [0.15, 0.2) is 34.1 Å². The summed E-state index contributed by atoms with van der Waals surface area (Å²) in [5, 5.41) is 19.9. The number of thiazole rings is 1. The summed E-state index contributed by atoms with van der Waals surface area (Å²) in [6.45, 7) is -0.0571. The molecule has 0 aliphatic carbocycles. The molecule has 4 rings (SSSR count). The standard InChI is InChI=1S/C20H19N3O5S/c24-17(22-8-4-3-7-15(22)19(26)27)11-23-18(25)16(29-20(23)28)9-12-10-21-14-6-2-1-5-13(12)14/h1-2,5-6,9-10,15,25H,3-4,7-8,11H2,(H,26,27)/b12-9+. The van der Waals surface area contributed by atoms with Gasteiger partial charge in [-0.25, -0.2) is 4.79 Å². The third-order valence-corrected chi connectivity index (χ3v) is 6.06. The van der Waals surface area contributed by atoms with Gasteiger partial charge in [0.2, 0.25) is 11.8 Å². The molecule has 1 aromatic carbocycles. The zero-order chi connectivity index (χ0) is 20.5. The number of aliphatic imine (C=N–C) groups is 1. The molecule has 0 bridgehead atoms. The molecular formula is C20H19N3O5S. The first kappa shape index (κ1) is 19.1. The quantitative estimate of drug-likeness (QED) is 0.799. The number of carboxylic acids is 1. The van der Waals surface area contributed by atoms with Crippen molar-refractivity contribution in [3.8, 4) is 5.88 Å². The Morgan fingerprint density at radius 3 is 2.86 bits per heavy atom. The summed E-state index contributed by atoms with van der Waals surface area (Å²) in [5.74, 6) is -1.84. The van der Waals surface area contributed by atoms with Crippen molar-refractivity contribution in [2.45, 2.75) is 31.8 Å². The summed E-state index contributed by atoms with van der Waals surface area (Å²) in [4.78, 5) is 41.9. The molecule has 1 unspecified atom stereocenters. The van der Waals surface area contributed by atoms with Gasteiger partial charge in [-0.2, -0.15) is 0 Å². The summed E-state index contributed by atoms with van der Waals surface area (Å²) < 4.78 is 0.991. The van der Waals surface area contributed by atoms with E-state index in [1.807, 2.05) is 24.3 Å². The van der Waals surface area contributed by atoms with Crippen LogP contribution in [0.1, 0.15) is 29.7 Å². The third-order valence-electron chi connectivity index (χ3n) is 5.14. The fourth-order valence-corrected chi connectivity index (χ4v) is 4.49. The molecule has 1 atom stereocenters. The molecule has 1 aromatic heterocycles. The number of allylic oxidation sites excluding steroid dienone is 1. The lowest BCUT2D eigenvalue weighted by molar-refractivity contribution is -0.152. The van der Waals surface area contributed by atoms with Gasteiger partial charge in [0.1, 0.15) is 12.6 Å². The Hall–Kier alpha value is -3.20. The monoisotopic (exact) mass is 413 g/mol. The molecular weight excluding hydrogens is 394 g/mol. The molecule has 3 heterocycles. The second-order valence-electron chi connectivity index (χ2n) is 6.95. The van der Waals surface area contributed by atoms with Crippen molar-refractivity contribution >= 4 is 46.8 Å². The van der Waals surface area contributed by atoms with E-state index in [0.29, 0.717) is 17.8 Å². The van der Waals surface area contributed by atoms with Crippen molar-refractivity contribution in [1.29, 1.82) is 0 Å². The van der Waals surface area contributed by atoms with Crippen LogP contribution in [0.2, 0.25) is 0 Å². The third kappa shape index (κ3) is 3.61. The van der Waals surface area contributed by atoms with Crippen molar-refractivity contribution in [1.82, 2.24) is 9.47 Å². The molecule has 29 heavy (non-hydrogen) atoms. The minimum Gasteiger partial charge on any atom is -0.493 e. The van der Waals surface area contributed by atoms with E-state index in [2.05, 4.69) is 4.99 Å². The summed E-state index contributed by atoms with van der Waals surface area (Å²) in [7, 11) is 0. The molecule has 9 heteroatoms. The highest BCUT2D eigenvalue weighted by Gasteiger charge is 2.32. The number of aromatic hydroxyl groups is 1. The maximum absolute atomic E-state index is 12.7. The number of likely N-dealkylation sites (tertiary alicyclic amines) is 1. The van der Waals surface area contributed by atoms with Gasteiger partial charge in [-0.15, -0.1) is 0 Å². The van der Waals surface area contributed by atoms with Gasteiger partial charge in [0.05, 0.1) is 10.6 Å². The summed E-state index contributed by atoms with van der Waals surface area (Å²) in [5.41, 5.74) is 2.47. The molecule has 1 saturated heterocycles. The number of fused-ring (bicyclic) bond motifs is 1. The number of carboxylic acid groups (broad SMARTS) is 1. The summed E-state index contributed by atoms with van der Waals surface area (Å²) >= 11 is 0.831. The van der Waals surface area contributed by atoms with Gasteiger partial charge < -0.3 is 15.1 Å². The fourth-order valence-electron chi connectivity index (χ4n) is 3.66. The highest BCUT2D eigenvalue weighted by atomic mass is 32.1. The molecule has 2 aliphatic rings. The minimum atomic E-state index is -1.05. The van der Waals surface area contributed by atoms with Gasteiger partial charge in [0.15, 0.2) is 0 Å². The average Bonchev–Trinajstić information content (AvgIpc) is 3.24. The first-order chi connectivity index (χ1) is 14.0. The zero-order valence-corrected chi connectivity index (χ0v) is 16.3. The topological polar surface area (TPSA) is 112 Å². The highest BCUT2D eigenvalue weighted by molar-refractivity contribution is 7.10. The lowest BCUT2D eigenvalue weighted by Gasteiger charge is -2.33. The van der Waals surface area contributed by atoms with E-state index in [4.69, 9.17) is 0 Å². The number of piperidine rings is 1. The van der Waals surface area contributed by atoms with Crippen molar-refractivity contribution in [3.63, 3.8) is 0 Å². The van der Waals surface area contributed by atoms with Gasteiger partial charge in [0, 0.05) is 23.9 Å². The number of carbonyl (C=O) groups excluding carboxylic acids is 1. The Labute approximate surface area is 170 Å². The van der Waals surface area contributed by atoms with E-state index in [-0.39, 0.29) is 5.88 Å². The number of hydrogen-bond donors (Lipinski definition) is 2. The van der Waals surface area contributed by atoms with E-state index >= 15 is 0 Å². The van der Waals surface area contributed by atoms with Crippen molar-refractivity contribution in [3.05, 3.63) is 44.4 Å². The fraction of sp³-hybridized carbons (Fsp3) is 0.300.